The minimum absolute atomic E-state index is 0.0473. The number of rotatable bonds is 4. The van der Waals surface area contributed by atoms with Crippen LogP contribution in [0.2, 0.25) is 0 Å². The number of nitrogens with one attached hydrogen (secondary N) is 2. The predicted octanol–water partition coefficient (Wildman–Crippen LogP) is 1.31. The first kappa shape index (κ1) is 13.8. The highest BCUT2D eigenvalue weighted by atomic mass is 16.5. The van der Waals surface area contributed by atoms with E-state index in [2.05, 4.69) is 17.6 Å². The maximum atomic E-state index is 11.8. The Bertz CT molecular complexity index is 265. The van der Waals surface area contributed by atoms with Crippen molar-refractivity contribution in [2.24, 2.45) is 11.8 Å². The smallest absolute Gasteiger partial charge is 0.250 e. The third-order valence-corrected chi connectivity index (χ3v) is 4.12. The van der Waals surface area contributed by atoms with E-state index in [4.69, 9.17) is 4.74 Å². The van der Waals surface area contributed by atoms with Gasteiger partial charge in [0.1, 0.15) is 6.10 Å². The van der Waals surface area contributed by atoms with Gasteiger partial charge in [-0.2, -0.15) is 0 Å². The van der Waals surface area contributed by atoms with Gasteiger partial charge < -0.3 is 15.4 Å². The maximum absolute atomic E-state index is 11.8. The lowest BCUT2D eigenvalue weighted by Crippen LogP contribution is -2.48. The Kier molecular flexibility index (Phi) is 5.45. The number of amides is 1. The van der Waals surface area contributed by atoms with Crippen LogP contribution in [0.3, 0.4) is 0 Å². The van der Waals surface area contributed by atoms with E-state index in [1.54, 1.807) is 0 Å². The quantitative estimate of drug-likeness (QED) is 0.795. The molecule has 104 valence electrons. The normalized spacial score (nSPS) is 33.1. The molecule has 4 nitrogen and oxygen atoms in total. The fourth-order valence-corrected chi connectivity index (χ4v) is 3.07. The lowest BCUT2D eigenvalue weighted by atomic mass is 9.81. The van der Waals surface area contributed by atoms with Crippen LogP contribution >= 0.6 is 0 Å². The Morgan fingerprint density at radius 2 is 2.33 bits per heavy atom. The number of hydrogen-bond donors (Lipinski definition) is 2. The summed E-state index contributed by atoms with van der Waals surface area (Å²) in [5.74, 6) is 1.72. The highest BCUT2D eigenvalue weighted by Gasteiger charge is 2.22. The number of morpholine rings is 1. The van der Waals surface area contributed by atoms with Gasteiger partial charge in [0.15, 0.2) is 0 Å². The molecule has 2 aliphatic rings. The van der Waals surface area contributed by atoms with Crippen LogP contribution in [0, 0.1) is 11.8 Å². The first-order valence-corrected chi connectivity index (χ1v) is 7.35. The number of hydrogen-bond acceptors (Lipinski definition) is 3. The molecule has 3 atom stereocenters. The van der Waals surface area contributed by atoms with Crippen LogP contribution in [0.4, 0.5) is 0 Å². The molecule has 4 heteroatoms. The van der Waals surface area contributed by atoms with Crippen LogP contribution in [-0.2, 0) is 9.53 Å². The summed E-state index contributed by atoms with van der Waals surface area (Å²) < 4.78 is 5.42. The molecule has 2 N–H and O–H groups in total. The summed E-state index contributed by atoms with van der Waals surface area (Å²) in [6.07, 6.45) is 6.24. The number of ether oxygens (including phenoxy) is 1. The van der Waals surface area contributed by atoms with E-state index in [0.29, 0.717) is 13.2 Å². The Morgan fingerprint density at radius 1 is 1.44 bits per heavy atom. The van der Waals surface area contributed by atoms with Crippen molar-refractivity contribution in [2.75, 3.05) is 26.2 Å². The first-order chi connectivity index (χ1) is 8.75. The Morgan fingerprint density at radius 3 is 3.06 bits per heavy atom. The molecule has 1 amide bonds. The summed E-state index contributed by atoms with van der Waals surface area (Å²) in [6.45, 7) is 5.27. The van der Waals surface area contributed by atoms with Crippen molar-refractivity contribution in [1.29, 1.82) is 0 Å². The largest absolute Gasteiger partial charge is 0.366 e. The number of carbonyl (C=O) groups excluding carboxylic acids is 1. The van der Waals surface area contributed by atoms with Crippen LogP contribution < -0.4 is 10.6 Å². The Hall–Kier alpha value is -0.610. The molecule has 0 aromatic carbocycles. The third kappa shape index (κ3) is 4.25. The van der Waals surface area contributed by atoms with E-state index in [1.165, 1.54) is 25.7 Å². The fraction of sp³-hybridized carbons (Fsp3) is 0.929. The molecule has 3 unspecified atom stereocenters. The molecular weight excluding hydrogens is 228 g/mol. The molecule has 1 saturated carbocycles. The van der Waals surface area contributed by atoms with Gasteiger partial charge in [0.05, 0.1) is 6.61 Å². The molecule has 0 spiro atoms. The van der Waals surface area contributed by atoms with E-state index in [9.17, 15) is 4.79 Å². The SMILES string of the molecule is CC1CCCC(CCNC(=O)C2CNCCO2)C1. The molecule has 0 radical (unpaired) electrons. The zero-order valence-corrected chi connectivity index (χ0v) is 11.4. The van der Waals surface area contributed by atoms with Crippen molar-refractivity contribution in [3.63, 3.8) is 0 Å². The summed E-state index contributed by atoms with van der Waals surface area (Å²) in [5.41, 5.74) is 0. The molecule has 1 aliphatic carbocycles. The Labute approximate surface area is 110 Å². The van der Waals surface area contributed by atoms with Crippen molar-refractivity contribution in [3.05, 3.63) is 0 Å². The standard InChI is InChI=1S/C14H26N2O2/c1-11-3-2-4-12(9-11)5-6-16-14(17)13-10-15-7-8-18-13/h11-13,15H,2-10H2,1H3,(H,16,17). The minimum Gasteiger partial charge on any atom is -0.366 e. The highest BCUT2D eigenvalue weighted by molar-refractivity contribution is 5.81. The van der Waals surface area contributed by atoms with Gasteiger partial charge in [-0.3, -0.25) is 4.79 Å². The van der Waals surface area contributed by atoms with Crippen molar-refractivity contribution in [3.8, 4) is 0 Å². The second-order valence-corrected chi connectivity index (χ2v) is 5.78. The molecule has 1 saturated heterocycles. The van der Waals surface area contributed by atoms with Crippen molar-refractivity contribution in [2.45, 2.75) is 45.1 Å². The molecule has 2 fully saturated rings. The van der Waals surface area contributed by atoms with Gasteiger partial charge in [0.2, 0.25) is 5.91 Å². The van der Waals surface area contributed by atoms with Crippen LogP contribution in [0.5, 0.6) is 0 Å². The summed E-state index contributed by atoms with van der Waals surface area (Å²) in [6, 6.07) is 0. The van der Waals surface area contributed by atoms with Gasteiger partial charge in [0.25, 0.3) is 0 Å². The number of carbonyl (C=O) groups is 1. The van der Waals surface area contributed by atoms with Gasteiger partial charge in [-0.25, -0.2) is 0 Å². The van der Waals surface area contributed by atoms with Crippen molar-refractivity contribution >= 4 is 5.91 Å². The fourth-order valence-electron chi connectivity index (χ4n) is 3.07. The third-order valence-electron chi connectivity index (χ3n) is 4.12. The lowest BCUT2D eigenvalue weighted by molar-refractivity contribution is -0.134. The molecule has 0 bridgehead atoms. The average molecular weight is 254 g/mol. The molecule has 0 aromatic heterocycles. The average Bonchev–Trinajstić information content (AvgIpc) is 2.40. The molecule has 1 aliphatic heterocycles. The van der Waals surface area contributed by atoms with Gasteiger partial charge >= 0.3 is 0 Å². The van der Waals surface area contributed by atoms with E-state index in [0.717, 1.165) is 31.3 Å². The summed E-state index contributed by atoms with van der Waals surface area (Å²) >= 11 is 0. The van der Waals surface area contributed by atoms with Gasteiger partial charge in [-0.05, 0) is 24.7 Å². The van der Waals surface area contributed by atoms with Gasteiger partial charge in [-0.1, -0.05) is 26.2 Å². The van der Waals surface area contributed by atoms with Crippen molar-refractivity contribution in [1.82, 2.24) is 10.6 Å². The zero-order valence-electron chi connectivity index (χ0n) is 11.4. The summed E-state index contributed by atoms with van der Waals surface area (Å²) in [7, 11) is 0. The molecule has 18 heavy (non-hydrogen) atoms. The predicted molar refractivity (Wildman–Crippen MR) is 71.4 cm³/mol. The minimum atomic E-state index is -0.288. The topological polar surface area (TPSA) is 50.4 Å². The maximum Gasteiger partial charge on any atom is 0.250 e. The molecular formula is C14H26N2O2. The van der Waals surface area contributed by atoms with Crippen LogP contribution in [0.1, 0.15) is 39.0 Å². The highest BCUT2D eigenvalue weighted by Crippen LogP contribution is 2.30. The second kappa shape index (κ2) is 7.10. The van der Waals surface area contributed by atoms with Crippen LogP contribution in [0.15, 0.2) is 0 Å². The molecule has 2 rings (SSSR count). The lowest BCUT2D eigenvalue weighted by Gasteiger charge is -2.27. The second-order valence-electron chi connectivity index (χ2n) is 5.78. The zero-order chi connectivity index (χ0) is 12.8. The van der Waals surface area contributed by atoms with Crippen LogP contribution in [-0.4, -0.2) is 38.3 Å². The summed E-state index contributed by atoms with van der Waals surface area (Å²) in [4.78, 5) is 11.8. The van der Waals surface area contributed by atoms with Crippen LogP contribution in [0.25, 0.3) is 0 Å². The van der Waals surface area contributed by atoms with Gasteiger partial charge in [0, 0.05) is 19.6 Å². The van der Waals surface area contributed by atoms with E-state index in [1.807, 2.05) is 0 Å². The Balaban J connectivity index is 1.60. The molecule has 1 heterocycles. The monoisotopic (exact) mass is 254 g/mol. The first-order valence-electron chi connectivity index (χ1n) is 7.35. The van der Waals surface area contributed by atoms with E-state index >= 15 is 0 Å². The summed E-state index contributed by atoms with van der Waals surface area (Å²) in [5, 5.41) is 6.19. The molecule has 0 aromatic rings. The van der Waals surface area contributed by atoms with E-state index in [-0.39, 0.29) is 12.0 Å². The van der Waals surface area contributed by atoms with Crippen molar-refractivity contribution < 1.29 is 9.53 Å². The van der Waals surface area contributed by atoms with E-state index < -0.39 is 0 Å². The van der Waals surface area contributed by atoms with Gasteiger partial charge in [-0.15, -0.1) is 0 Å².